The Bertz CT molecular complexity index is 660. The molecule has 1 aromatic carbocycles. The lowest BCUT2D eigenvalue weighted by atomic mass is 10.1. The van der Waals surface area contributed by atoms with Crippen molar-refractivity contribution in [1.82, 2.24) is 4.98 Å². The fraction of sp³-hybridized carbons (Fsp3) is 0.250. The second-order valence-electron chi connectivity index (χ2n) is 5.09. The van der Waals surface area contributed by atoms with Crippen LogP contribution in [0.4, 0.5) is 5.82 Å². The zero-order valence-electron chi connectivity index (χ0n) is 11.7. The van der Waals surface area contributed by atoms with Gasteiger partial charge >= 0.3 is 5.97 Å². The molecular weight excluding hydrogens is 268 g/mol. The van der Waals surface area contributed by atoms with E-state index in [-0.39, 0.29) is 11.7 Å². The average Bonchev–Trinajstić information content (AvgIpc) is 2.87. The lowest BCUT2D eigenvalue weighted by Crippen LogP contribution is -2.25. The molecule has 0 spiro atoms. The summed E-state index contributed by atoms with van der Waals surface area (Å²) in [4.78, 5) is 15.4. The molecule has 1 unspecified atom stereocenters. The van der Waals surface area contributed by atoms with Crippen LogP contribution in [0, 0.1) is 6.92 Å². The first kappa shape index (κ1) is 13.4. The van der Waals surface area contributed by atoms with Crippen molar-refractivity contribution < 1.29 is 14.6 Å². The number of benzene rings is 1. The van der Waals surface area contributed by atoms with Gasteiger partial charge in [-0.3, -0.25) is 0 Å². The number of pyridine rings is 1. The van der Waals surface area contributed by atoms with Gasteiger partial charge < -0.3 is 15.2 Å². The number of aromatic nitrogens is 1. The third-order valence-corrected chi connectivity index (χ3v) is 3.58. The Labute approximate surface area is 122 Å². The van der Waals surface area contributed by atoms with Crippen molar-refractivity contribution >= 4 is 11.8 Å². The molecule has 21 heavy (non-hydrogen) atoms. The van der Waals surface area contributed by atoms with E-state index in [9.17, 15) is 9.90 Å². The highest BCUT2D eigenvalue weighted by atomic mass is 16.5. The maximum atomic E-state index is 11.3. The number of aryl methyl sites for hydroxylation is 1. The van der Waals surface area contributed by atoms with Gasteiger partial charge in [-0.2, -0.15) is 0 Å². The van der Waals surface area contributed by atoms with Crippen LogP contribution in [-0.4, -0.2) is 28.7 Å². The Kier molecular flexibility index (Phi) is 3.48. The van der Waals surface area contributed by atoms with E-state index >= 15 is 0 Å². The van der Waals surface area contributed by atoms with Crippen molar-refractivity contribution in [3.05, 3.63) is 53.2 Å². The quantitative estimate of drug-likeness (QED) is 0.902. The van der Waals surface area contributed by atoms with Gasteiger partial charge in [-0.15, -0.1) is 0 Å². The van der Waals surface area contributed by atoms with E-state index in [2.05, 4.69) is 10.3 Å². The van der Waals surface area contributed by atoms with E-state index in [4.69, 9.17) is 4.74 Å². The Morgan fingerprint density at radius 3 is 3.00 bits per heavy atom. The largest absolute Gasteiger partial charge is 0.488 e. The van der Waals surface area contributed by atoms with Gasteiger partial charge in [0.1, 0.15) is 23.2 Å². The highest BCUT2D eigenvalue weighted by Crippen LogP contribution is 2.28. The van der Waals surface area contributed by atoms with Gasteiger partial charge in [-0.25, -0.2) is 9.78 Å². The molecule has 0 bridgehead atoms. The number of hydrogen-bond donors (Lipinski definition) is 2. The molecule has 0 aliphatic carbocycles. The Morgan fingerprint density at radius 1 is 1.43 bits per heavy atom. The third-order valence-electron chi connectivity index (χ3n) is 3.58. The molecular formula is C16H16N2O3. The zero-order valence-corrected chi connectivity index (χ0v) is 11.7. The highest BCUT2D eigenvalue weighted by molar-refractivity contribution is 5.94. The van der Waals surface area contributed by atoms with E-state index in [0.29, 0.717) is 17.9 Å². The number of rotatable bonds is 4. The predicted molar refractivity (Wildman–Crippen MR) is 79.0 cm³/mol. The van der Waals surface area contributed by atoms with Gasteiger partial charge in [0.15, 0.2) is 0 Å². The van der Waals surface area contributed by atoms with E-state index in [1.807, 2.05) is 24.3 Å². The van der Waals surface area contributed by atoms with Gasteiger partial charge in [0.05, 0.1) is 6.54 Å². The van der Waals surface area contributed by atoms with Crippen LogP contribution in [0.3, 0.4) is 0 Å². The van der Waals surface area contributed by atoms with Crippen molar-refractivity contribution in [2.45, 2.75) is 19.4 Å². The molecule has 1 aliphatic heterocycles. The van der Waals surface area contributed by atoms with Crippen molar-refractivity contribution in [2.24, 2.45) is 0 Å². The smallest absolute Gasteiger partial charge is 0.339 e. The Hall–Kier alpha value is -2.56. The zero-order chi connectivity index (χ0) is 14.8. The number of aromatic carboxylic acids is 1. The summed E-state index contributed by atoms with van der Waals surface area (Å²) in [6.45, 7) is 2.28. The number of carbonyl (C=O) groups is 1. The van der Waals surface area contributed by atoms with E-state index in [0.717, 1.165) is 12.2 Å². The normalized spacial score (nSPS) is 16.1. The first-order chi connectivity index (χ1) is 10.1. The lowest BCUT2D eigenvalue weighted by Gasteiger charge is -2.14. The number of ether oxygens (including phenoxy) is 1. The predicted octanol–water partition coefficient (Wildman–Crippen LogP) is 2.50. The summed E-state index contributed by atoms with van der Waals surface area (Å²) < 4.78 is 5.82. The molecule has 0 saturated heterocycles. The van der Waals surface area contributed by atoms with Gasteiger partial charge in [-0.05, 0) is 30.2 Å². The van der Waals surface area contributed by atoms with Crippen molar-refractivity contribution in [2.75, 3.05) is 11.9 Å². The summed E-state index contributed by atoms with van der Waals surface area (Å²) in [7, 11) is 0. The molecule has 1 atom stereocenters. The maximum Gasteiger partial charge on any atom is 0.339 e. The van der Waals surface area contributed by atoms with E-state index in [1.54, 1.807) is 19.2 Å². The topological polar surface area (TPSA) is 71.5 Å². The first-order valence-corrected chi connectivity index (χ1v) is 6.82. The molecule has 2 heterocycles. The number of anilines is 1. The third kappa shape index (κ3) is 2.67. The second kappa shape index (κ2) is 5.44. The molecule has 5 nitrogen and oxygen atoms in total. The molecule has 0 radical (unpaired) electrons. The summed E-state index contributed by atoms with van der Waals surface area (Å²) in [5.41, 5.74) is 2.09. The summed E-state index contributed by atoms with van der Waals surface area (Å²) in [5, 5.41) is 12.4. The maximum absolute atomic E-state index is 11.3. The molecule has 0 saturated carbocycles. The average molecular weight is 284 g/mol. The highest BCUT2D eigenvalue weighted by Gasteiger charge is 2.23. The number of para-hydroxylation sites is 1. The van der Waals surface area contributed by atoms with Gasteiger partial charge in [0.2, 0.25) is 0 Å². The summed E-state index contributed by atoms with van der Waals surface area (Å²) in [6.07, 6.45) is 2.41. The van der Waals surface area contributed by atoms with Crippen LogP contribution in [0.1, 0.15) is 21.5 Å². The van der Waals surface area contributed by atoms with Crippen LogP contribution in [-0.2, 0) is 6.42 Å². The van der Waals surface area contributed by atoms with Crippen molar-refractivity contribution in [1.29, 1.82) is 0 Å². The molecule has 5 heteroatoms. The molecule has 0 fully saturated rings. The summed E-state index contributed by atoms with van der Waals surface area (Å²) >= 11 is 0. The minimum atomic E-state index is -0.973. The molecule has 1 aromatic heterocycles. The SMILES string of the molecule is Cc1ccnc(NCC2Cc3ccccc3O2)c1C(=O)O. The Balaban J connectivity index is 1.70. The number of carboxylic acids is 1. The summed E-state index contributed by atoms with van der Waals surface area (Å²) in [5.74, 6) is 0.320. The molecule has 2 N–H and O–H groups in total. The van der Waals surface area contributed by atoms with Gasteiger partial charge in [0, 0.05) is 12.6 Å². The number of fused-ring (bicyclic) bond motifs is 1. The van der Waals surface area contributed by atoms with Crippen LogP contribution in [0.2, 0.25) is 0 Å². The fourth-order valence-corrected chi connectivity index (χ4v) is 2.54. The fourth-order valence-electron chi connectivity index (χ4n) is 2.54. The van der Waals surface area contributed by atoms with Crippen LogP contribution in [0.25, 0.3) is 0 Å². The van der Waals surface area contributed by atoms with Gasteiger partial charge in [0.25, 0.3) is 0 Å². The molecule has 1 aliphatic rings. The molecule has 0 amide bonds. The Morgan fingerprint density at radius 2 is 2.24 bits per heavy atom. The van der Waals surface area contributed by atoms with Crippen LogP contribution in [0.5, 0.6) is 5.75 Å². The van der Waals surface area contributed by atoms with Crippen molar-refractivity contribution in [3.8, 4) is 5.75 Å². The van der Waals surface area contributed by atoms with Crippen molar-refractivity contribution in [3.63, 3.8) is 0 Å². The van der Waals surface area contributed by atoms with Crippen LogP contribution < -0.4 is 10.1 Å². The minimum Gasteiger partial charge on any atom is -0.488 e. The standard InChI is InChI=1S/C16H16N2O3/c1-10-6-7-17-15(14(10)16(19)20)18-9-12-8-11-4-2-3-5-13(11)21-12/h2-7,12H,8-9H2,1H3,(H,17,18)(H,19,20). The van der Waals surface area contributed by atoms with E-state index in [1.165, 1.54) is 5.56 Å². The first-order valence-electron chi connectivity index (χ1n) is 6.82. The number of hydrogen-bond acceptors (Lipinski definition) is 4. The number of carboxylic acid groups (broad SMARTS) is 1. The van der Waals surface area contributed by atoms with Crippen LogP contribution in [0.15, 0.2) is 36.5 Å². The summed E-state index contributed by atoms with van der Waals surface area (Å²) in [6, 6.07) is 9.62. The number of nitrogens with zero attached hydrogens (tertiary/aromatic N) is 1. The minimum absolute atomic E-state index is 0.00800. The molecule has 3 rings (SSSR count). The molecule has 2 aromatic rings. The monoisotopic (exact) mass is 284 g/mol. The second-order valence-corrected chi connectivity index (χ2v) is 5.09. The van der Waals surface area contributed by atoms with Crippen LogP contribution >= 0.6 is 0 Å². The van der Waals surface area contributed by atoms with Gasteiger partial charge in [-0.1, -0.05) is 18.2 Å². The molecule has 108 valence electrons. The number of nitrogens with one attached hydrogen (secondary N) is 1. The lowest BCUT2D eigenvalue weighted by molar-refractivity contribution is 0.0696. The van der Waals surface area contributed by atoms with E-state index < -0.39 is 5.97 Å².